The average molecular weight is 346 g/mol. The van der Waals surface area contributed by atoms with Crippen LogP contribution in [-0.2, 0) is 16.0 Å². The zero-order valence-corrected chi connectivity index (χ0v) is 14.9. The van der Waals surface area contributed by atoms with E-state index >= 15 is 0 Å². The zero-order chi connectivity index (χ0) is 17.8. The van der Waals surface area contributed by atoms with Crippen molar-refractivity contribution < 1.29 is 19.1 Å². The van der Waals surface area contributed by atoms with Gasteiger partial charge in [0.1, 0.15) is 17.5 Å². The van der Waals surface area contributed by atoms with Gasteiger partial charge in [-0.2, -0.15) is 0 Å². The fourth-order valence-corrected chi connectivity index (χ4v) is 3.33. The third-order valence-corrected chi connectivity index (χ3v) is 4.90. The standard InChI is InChI=1S/C19H26N2O4/c1-24-15-8-9-17(25-2)13(12-15)5-10-18(22)21-11-3-4-16(21)19(23)20-14-6-7-14/h8-9,12,14,16H,3-7,10-11H2,1-2H3,(H,20,23)/t16-/m0/s1. The number of hydrogen-bond acceptors (Lipinski definition) is 4. The molecule has 1 aromatic rings. The molecule has 1 saturated heterocycles. The van der Waals surface area contributed by atoms with E-state index in [1.54, 1.807) is 19.1 Å². The van der Waals surface area contributed by atoms with Gasteiger partial charge in [0.2, 0.25) is 11.8 Å². The third kappa shape index (κ3) is 4.24. The van der Waals surface area contributed by atoms with Crippen LogP contribution in [0.15, 0.2) is 18.2 Å². The van der Waals surface area contributed by atoms with Crippen molar-refractivity contribution in [2.75, 3.05) is 20.8 Å². The third-order valence-electron chi connectivity index (χ3n) is 4.90. The van der Waals surface area contributed by atoms with Crippen molar-refractivity contribution in [3.05, 3.63) is 23.8 Å². The molecule has 1 atom stereocenters. The van der Waals surface area contributed by atoms with Gasteiger partial charge in [0.15, 0.2) is 0 Å². The Morgan fingerprint density at radius 2 is 2.00 bits per heavy atom. The summed E-state index contributed by atoms with van der Waals surface area (Å²) < 4.78 is 10.6. The molecule has 6 heteroatoms. The van der Waals surface area contributed by atoms with Crippen molar-refractivity contribution in [2.24, 2.45) is 0 Å². The number of ether oxygens (including phenoxy) is 2. The van der Waals surface area contributed by atoms with E-state index in [2.05, 4.69) is 5.32 Å². The molecular weight excluding hydrogens is 320 g/mol. The Morgan fingerprint density at radius 3 is 2.68 bits per heavy atom. The molecule has 0 unspecified atom stereocenters. The summed E-state index contributed by atoms with van der Waals surface area (Å²) in [6.07, 6.45) is 4.68. The highest BCUT2D eigenvalue weighted by Gasteiger charge is 2.36. The Hall–Kier alpha value is -2.24. The summed E-state index contributed by atoms with van der Waals surface area (Å²) in [6.45, 7) is 0.664. The second-order valence-corrected chi connectivity index (χ2v) is 6.71. The maximum atomic E-state index is 12.7. The number of hydrogen-bond donors (Lipinski definition) is 1. The molecule has 136 valence electrons. The van der Waals surface area contributed by atoms with Crippen LogP contribution in [-0.4, -0.2) is 49.6 Å². The molecule has 1 heterocycles. The molecular formula is C19H26N2O4. The first-order valence-corrected chi connectivity index (χ1v) is 8.93. The summed E-state index contributed by atoms with van der Waals surface area (Å²) in [6, 6.07) is 5.60. The van der Waals surface area contributed by atoms with Crippen molar-refractivity contribution in [3.63, 3.8) is 0 Å². The fourth-order valence-electron chi connectivity index (χ4n) is 3.33. The van der Waals surface area contributed by atoms with Crippen molar-refractivity contribution in [1.82, 2.24) is 10.2 Å². The summed E-state index contributed by atoms with van der Waals surface area (Å²) >= 11 is 0. The topological polar surface area (TPSA) is 67.9 Å². The lowest BCUT2D eigenvalue weighted by Crippen LogP contribution is -2.46. The van der Waals surface area contributed by atoms with E-state index in [-0.39, 0.29) is 17.9 Å². The highest BCUT2D eigenvalue weighted by Crippen LogP contribution is 2.27. The predicted octanol–water partition coefficient (Wildman–Crippen LogP) is 1.91. The van der Waals surface area contributed by atoms with E-state index in [1.165, 1.54) is 0 Å². The minimum absolute atomic E-state index is 0.00677. The minimum atomic E-state index is -0.305. The first-order valence-electron chi connectivity index (χ1n) is 8.93. The largest absolute Gasteiger partial charge is 0.497 e. The Labute approximate surface area is 148 Å². The number of aryl methyl sites for hydroxylation is 1. The number of methoxy groups -OCH3 is 2. The monoisotopic (exact) mass is 346 g/mol. The van der Waals surface area contributed by atoms with Gasteiger partial charge in [-0.1, -0.05) is 0 Å². The molecule has 1 aromatic carbocycles. The minimum Gasteiger partial charge on any atom is -0.497 e. The number of carbonyl (C=O) groups excluding carboxylic acids is 2. The van der Waals surface area contributed by atoms with Crippen LogP contribution < -0.4 is 14.8 Å². The summed E-state index contributed by atoms with van der Waals surface area (Å²) in [5.74, 6) is 1.52. The first kappa shape index (κ1) is 17.6. The van der Waals surface area contributed by atoms with Crippen LogP contribution in [0.5, 0.6) is 11.5 Å². The summed E-state index contributed by atoms with van der Waals surface area (Å²) in [5.41, 5.74) is 0.938. The second kappa shape index (κ2) is 7.76. The maximum absolute atomic E-state index is 12.7. The number of likely N-dealkylation sites (tertiary alicyclic amines) is 1. The molecule has 1 saturated carbocycles. The Kier molecular flexibility index (Phi) is 5.46. The lowest BCUT2D eigenvalue weighted by atomic mass is 10.1. The van der Waals surface area contributed by atoms with Crippen molar-refractivity contribution in [2.45, 2.75) is 50.6 Å². The van der Waals surface area contributed by atoms with Gasteiger partial charge in [0, 0.05) is 19.0 Å². The van der Waals surface area contributed by atoms with Crippen molar-refractivity contribution in [1.29, 1.82) is 0 Å². The van der Waals surface area contributed by atoms with Gasteiger partial charge in [-0.15, -0.1) is 0 Å². The van der Waals surface area contributed by atoms with Gasteiger partial charge >= 0.3 is 0 Å². The van der Waals surface area contributed by atoms with Crippen LogP contribution in [0.25, 0.3) is 0 Å². The normalized spacial score (nSPS) is 19.6. The molecule has 0 radical (unpaired) electrons. The van der Waals surface area contributed by atoms with E-state index < -0.39 is 0 Å². The molecule has 1 aliphatic carbocycles. The van der Waals surface area contributed by atoms with Gasteiger partial charge in [-0.05, 0) is 55.9 Å². The Bertz CT molecular complexity index is 642. The highest BCUT2D eigenvalue weighted by atomic mass is 16.5. The molecule has 25 heavy (non-hydrogen) atoms. The number of nitrogens with one attached hydrogen (secondary N) is 1. The molecule has 2 amide bonds. The summed E-state index contributed by atoms with van der Waals surface area (Å²) in [5, 5.41) is 3.02. The molecule has 2 aliphatic rings. The number of benzene rings is 1. The number of nitrogens with zero attached hydrogens (tertiary/aromatic N) is 1. The number of carbonyl (C=O) groups is 2. The molecule has 1 N–H and O–H groups in total. The molecule has 6 nitrogen and oxygen atoms in total. The average Bonchev–Trinajstić information content (AvgIpc) is 3.30. The van der Waals surface area contributed by atoms with Crippen LogP contribution in [0.4, 0.5) is 0 Å². The van der Waals surface area contributed by atoms with Crippen LogP contribution in [0.1, 0.15) is 37.7 Å². The molecule has 3 rings (SSSR count). The number of amides is 2. The lowest BCUT2D eigenvalue weighted by Gasteiger charge is -2.24. The Balaban J connectivity index is 1.60. The highest BCUT2D eigenvalue weighted by molar-refractivity contribution is 5.88. The van der Waals surface area contributed by atoms with E-state index in [0.29, 0.717) is 25.4 Å². The van der Waals surface area contributed by atoms with Crippen molar-refractivity contribution in [3.8, 4) is 11.5 Å². The summed E-state index contributed by atoms with van der Waals surface area (Å²) in [4.78, 5) is 26.7. The van der Waals surface area contributed by atoms with Crippen LogP contribution in [0.3, 0.4) is 0 Å². The van der Waals surface area contributed by atoms with Gasteiger partial charge < -0.3 is 19.7 Å². The molecule has 1 aliphatic heterocycles. The molecule has 0 spiro atoms. The maximum Gasteiger partial charge on any atom is 0.243 e. The lowest BCUT2D eigenvalue weighted by molar-refractivity contribution is -0.138. The van der Waals surface area contributed by atoms with Crippen LogP contribution in [0.2, 0.25) is 0 Å². The van der Waals surface area contributed by atoms with E-state index in [1.807, 2.05) is 18.2 Å². The molecule has 0 bridgehead atoms. The van der Waals surface area contributed by atoms with E-state index in [9.17, 15) is 9.59 Å². The van der Waals surface area contributed by atoms with Gasteiger partial charge in [-0.25, -0.2) is 0 Å². The van der Waals surface area contributed by atoms with Crippen molar-refractivity contribution >= 4 is 11.8 Å². The fraction of sp³-hybridized carbons (Fsp3) is 0.579. The van der Waals surface area contributed by atoms with Crippen LogP contribution in [0, 0.1) is 0 Å². The van der Waals surface area contributed by atoms with Gasteiger partial charge in [0.05, 0.1) is 14.2 Å². The Morgan fingerprint density at radius 1 is 1.20 bits per heavy atom. The number of rotatable bonds is 7. The predicted molar refractivity (Wildman–Crippen MR) is 93.8 cm³/mol. The molecule has 0 aromatic heterocycles. The van der Waals surface area contributed by atoms with Gasteiger partial charge in [0.25, 0.3) is 0 Å². The first-order chi connectivity index (χ1) is 12.1. The van der Waals surface area contributed by atoms with Gasteiger partial charge in [-0.3, -0.25) is 9.59 Å². The van der Waals surface area contributed by atoms with Crippen LogP contribution >= 0.6 is 0 Å². The quantitative estimate of drug-likeness (QED) is 0.819. The van der Waals surface area contributed by atoms with E-state index in [0.717, 1.165) is 42.7 Å². The second-order valence-electron chi connectivity index (χ2n) is 6.71. The smallest absolute Gasteiger partial charge is 0.243 e. The molecule has 2 fully saturated rings. The summed E-state index contributed by atoms with van der Waals surface area (Å²) in [7, 11) is 3.23. The zero-order valence-electron chi connectivity index (χ0n) is 14.9. The van der Waals surface area contributed by atoms with E-state index in [4.69, 9.17) is 9.47 Å². The SMILES string of the molecule is COc1ccc(OC)c(CCC(=O)N2CCC[C@H]2C(=O)NC2CC2)c1.